The van der Waals surface area contributed by atoms with Crippen molar-refractivity contribution in [3.05, 3.63) is 0 Å². The molecule has 14 heavy (non-hydrogen) atoms. The fourth-order valence-electron chi connectivity index (χ4n) is 2.90. The monoisotopic (exact) mass is 198 g/mol. The predicted octanol–water partition coefficient (Wildman–Crippen LogP) is 3.61. The van der Waals surface area contributed by atoms with E-state index in [-0.39, 0.29) is 0 Å². The van der Waals surface area contributed by atoms with Gasteiger partial charge in [-0.2, -0.15) is 0 Å². The van der Waals surface area contributed by atoms with Gasteiger partial charge in [0.25, 0.3) is 0 Å². The summed E-state index contributed by atoms with van der Waals surface area (Å²) in [6.07, 6.45) is 9.33. The van der Waals surface area contributed by atoms with E-state index in [0.29, 0.717) is 12.5 Å². The van der Waals surface area contributed by atoms with E-state index in [1.807, 2.05) is 0 Å². The standard InChI is InChI=1S/C13H26O/c1-3-11(4-2)9-13(10-14)12-7-5-6-8-12/h11-14H,3-10H2,1-2H3. The summed E-state index contributed by atoms with van der Waals surface area (Å²) in [5.41, 5.74) is 0. The third-order valence-electron chi connectivity index (χ3n) is 4.09. The SMILES string of the molecule is CCC(CC)CC(CO)C1CCCC1. The minimum absolute atomic E-state index is 0.418. The molecule has 0 amide bonds. The molecule has 0 bridgehead atoms. The van der Waals surface area contributed by atoms with Crippen molar-refractivity contribution in [3.8, 4) is 0 Å². The van der Waals surface area contributed by atoms with Crippen LogP contribution in [-0.4, -0.2) is 11.7 Å². The Morgan fingerprint density at radius 1 is 1.14 bits per heavy atom. The van der Waals surface area contributed by atoms with Crippen molar-refractivity contribution in [1.82, 2.24) is 0 Å². The van der Waals surface area contributed by atoms with Crippen LogP contribution >= 0.6 is 0 Å². The van der Waals surface area contributed by atoms with Crippen LogP contribution < -0.4 is 0 Å². The zero-order chi connectivity index (χ0) is 10.4. The Labute approximate surface area is 88.9 Å². The fraction of sp³-hybridized carbons (Fsp3) is 1.00. The highest BCUT2D eigenvalue weighted by molar-refractivity contribution is 4.76. The molecule has 1 aliphatic carbocycles. The van der Waals surface area contributed by atoms with E-state index >= 15 is 0 Å². The van der Waals surface area contributed by atoms with Gasteiger partial charge in [0.1, 0.15) is 0 Å². The number of hydrogen-bond acceptors (Lipinski definition) is 1. The Balaban J connectivity index is 2.36. The molecule has 1 rings (SSSR count). The second-order valence-corrected chi connectivity index (χ2v) is 4.91. The van der Waals surface area contributed by atoms with Crippen LogP contribution in [-0.2, 0) is 0 Å². The lowest BCUT2D eigenvalue weighted by Gasteiger charge is -2.25. The average molecular weight is 198 g/mol. The van der Waals surface area contributed by atoms with Crippen molar-refractivity contribution in [2.24, 2.45) is 17.8 Å². The van der Waals surface area contributed by atoms with Gasteiger partial charge in [-0.15, -0.1) is 0 Å². The van der Waals surface area contributed by atoms with Crippen molar-refractivity contribution in [1.29, 1.82) is 0 Å². The molecule has 1 heteroatoms. The predicted molar refractivity (Wildman–Crippen MR) is 61.2 cm³/mol. The highest BCUT2D eigenvalue weighted by atomic mass is 16.3. The van der Waals surface area contributed by atoms with Crippen molar-refractivity contribution < 1.29 is 5.11 Å². The van der Waals surface area contributed by atoms with Gasteiger partial charge in [0.05, 0.1) is 0 Å². The summed E-state index contributed by atoms with van der Waals surface area (Å²) in [5.74, 6) is 2.27. The number of hydrogen-bond donors (Lipinski definition) is 1. The molecular weight excluding hydrogens is 172 g/mol. The van der Waals surface area contributed by atoms with Gasteiger partial charge < -0.3 is 5.11 Å². The van der Waals surface area contributed by atoms with E-state index in [2.05, 4.69) is 13.8 Å². The first-order valence-electron chi connectivity index (χ1n) is 6.42. The molecule has 1 atom stereocenters. The van der Waals surface area contributed by atoms with Gasteiger partial charge in [0, 0.05) is 6.61 Å². The second-order valence-electron chi connectivity index (χ2n) is 4.91. The highest BCUT2D eigenvalue weighted by Crippen LogP contribution is 2.35. The Morgan fingerprint density at radius 2 is 1.71 bits per heavy atom. The molecule has 1 unspecified atom stereocenters. The molecule has 0 saturated heterocycles. The maximum atomic E-state index is 9.43. The van der Waals surface area contributed by atoms with E-state index < -0.39 is 0 Å². The van der Waals surface area contributed by atoms with Gasteiger partial charge in [-0.3, -0.25) is 0 Å². The summed E-state index contributed by atoms with van der Waals surface area (Å²) < 4.78 is 0. The van der Waals surface area contributed by atoms with Crippen LogP contribution in [0.4, 0.5) is 0 Å². The number of rotatable bonds is 6. The molecule has 0 radical (unpaired) electrons. The summed E-state index contributed by atoms with van der Waals surface area (Å²) in [6, 6.07) is 0. The molecule has 84 valence electrons. The normalized spacial score (nSPS) is 20.6. The van der Waals surface area contributed by atoms with Crippen LogP contribution in [0.1, 0.15) is 58.8 Å². The smallest absolute Gasteiger partial charge is 0.0462 e. The van der Waals surface area contributed by atoms with Crippen LogP contribution in [0, 0.1) is 17.8 Å². The van der Waals surface area contributed by atoms with Crippen molar-refractivity contribution in [2.75, 3.05) is 6.61 Å². The lowest BCUT2D eigenvalue weighted by atomic mass is 9.82. The largest absolute Gasteiger partial charge is 0.396 e. The molecule has 1 aliphatic rings. The Hall–Kier alpha value is -0.0400. The first-order valence-corrected chi connectivity index (χ1v) is 6.42. The van der Waals surface area contributed by atoms with Crippen molar-refractivity contribution in [3.63, 3.8) is 0 Å². The Kier molecular flexibility index (Phi) is 5.54. The minimum atomic E-state index is 0.418. The molecule has 0 aromatic heterocycles. The zero-order valence-electron chi connectivity index (χ0n) is 9.84. The van der Waals surface area contributed by atoms with Gasteiger partial charge in [0.15, 0.2) is 0 Å². The lowest BCUT2D eigenvalue weighted by Crippen LogP contribution is -2.19. The summed E-state index contributed by atoms with van der Waals surface area (Å²) in [5, 5.41) is 9.43. The maximum Gasteiger partial charge on any atom is 0.0462 e. The van der Waals surface area contributed by atoms with Crippen molar-refractivity contribution >= 4 is 0 Å². The van der Waals surface area contributed by atoms with Gasteiger partial charge in [-0.1, -0.05) is 52.4 Å². The Bertz CT molecular complexity index is 134. The van der Waals surface area contributed by atoms with Crippen LogP contribution in [0.5, 0.6) is 0 Å². The Morgan fingerprint density at radius 3 is 2.14 bits per heavy atom. The van der Waals surface area contributed by atoms with Gasteiger partial charge in [-0.25, -0.2) is 0 Å². The molecule has 0 spiro atoms. The summed E-state index contributed by atoms with van der Waals surface area (Å²) in [7, 11) is 0. The topological polar surface area (TPSA) is 20.2 Å². The van der Waals surface area contributed by atoms with E-state index in [9.17, 15) is 5.11 Å². The van der Waals surface area contributed by atoms with Gasteiger partial charge in [-0.05, 0) is 24.2 Å². The molecule has 1 fully saturated rings. The molecule has 1 saturated carbocycles. The van der Waals surface area contributed by atoms with Crippen LogP contribution in [0.3, 0.4) is 0 Å². The molecular formula is C13H26O. The summed E-state index contributed by atoms with van der Waals surface area (Å²) in [6.45, 7) is 4.97. The fourth-order valence-corrected chi connectivity index (χ4v) is 2.90. The maximum absolute atomic E-state index is 9.43. The summed E-state index contributed by atoms with van der Waals surface area (Å²) in [4.78, 5) is 0. The molecule has 0 aromatic rings. The van der Waals surface area contributed by atoms with Gasteiger partial charge >= 0.3 is 0 Å². The third kappa shape index (κ3) is 3.27. The first kappa shape index (κ1) is 12.0. The van der Waals surface area contributed by atoms with Crippen molar-refractivity contribution in [2.45, 2.75) is 58.8 Å². The van der Waals surface area contributed by atoms with Gasteiger partial charge in [0.2, 0.25) is 0 Å². The molecule has 0 aromatic carbocycles. The third-order valence-corrected chi connectivity index (χ3v) is 4.09. The molecule has 0 aliphatic heterocycles. The van der Waals surface area contributed by atoms with E-state index in [1.165, 1.54) is 44.9 Å². The van der Waals surface area contributed by atoms with Crippen LogP contribution in [0.2, 0.25) is 0 Å². The zero-order valence-corrected chi connectivity index (χ0v) is 9.84. The second kappa shape index (κ2) is 6.44. The van der Waals surface area contributed by atoms with E-state index in [1.54, 1.807) is 0 Å². The van der Waals surface area contributed by atoms with E-state index in [4.69, 9.17) is 0 Å². The highest BCUT2D eigenvalue weighted by Gasteiger charge is 2.25. The number of aliphatic hydroxyl groups is 1. The van der Waals surface area contributed by atoms with Crippen LogP contribution in [0.25, 0.3) is 0 Å². The van der Waals surface area contributed by atoms with E-state index in [0.717, 1.165) is 11.8 Å². The first-order chi connectivity index (χ1) is 6.81. The lowest BCUT2D eigenvalue weighted by molar-refractivity contribution is 0.147. The number of aliphatic hydroxyl groups excluding tert-OH is 1. The molecule has 1 N–H and O–H groups in total. The summed E-state index contributed by atoms with van der Waals surface area (Å²) >= 11 is 0. The molecule has 1 nitrogen and oxygen atoms in total. The minimum Gasteiger partial charge on any atom is -0.396 e. The quantitative estimate of drug-likeness (QED) is 0.691. The average Bonchev–Trinajstić information content (AvgIpc) is 2.73. The van der Waals surface area contributed by atoms with Crippen LogP contribution in [0.15, 0.2) is 0 Å². The molecule has 0 heterocycles.